The highest BCUT2D eigenvalue weighted by Crippen LogP contribution is 2.29. The van der Waals surface area contributed by atoms with Gasteiger partial charge in [0.05, 0.1) is 13.2 Å². The van der Waals surface area contributed by atoms with Gasteiger partial charge in [0.15, 0.2) is 11.5 Å². The number of aliphatic hydroxyl groups excluding tert-OH is 1. The van der Waals surface area contributed by atoms with E-state index >= 15 is 0 Å². The lowest BCUT2D eigenvalue weighted by Gasteiger charge is -2.26. The number of aliphatic hydroxyl groups is 1. The summed E-state index contributed by atoms with van der Waals surface area (Å²) in [5.41, 5.74) is 0.839. The van der Waals surface area contributed by atoms with E-state index in [1.807, 2.05) is 6.07 Å². The quantitative estimate of drug-likeness (QED) is 0.848. The molecule has 0 aromatic heterocycles. The molecule has 0 radical (unpaired) electrons. The Morgan fingerprint density at radius 2 is 2.14 bits per heavy atom. The number of halogens is 2. The number of ether oxygens (including phenoxy) is 2. The molecule has 2 N–H and O–H groups in total. The van der Waals surface area contributed by atoms with Crippen molar-refractivity contribution in [2.75, 3.05) is 7.11 Å². The zero-order valence-corrected chi connectivity index (χ0v) is 12.0. The molecule has 0 heterocycles. The second-order valence-electron chi connectivity index (χ2n) is 5.26. The zero-order valence-electron chi connectivity index (χ0n) is 12.0. The smallest absolute Gasteiger partial charge is 0.387 e. The van der Waals surface area contributed by atoms with Gasteiger partial charge in [0.1, 0.15) is 0 Å². The molecular weight excluding hydrogens is 280 g/mol. The summed E-state index contributed by atoms with van der Waals surface area (Å²) in [5, 5.41) is 13.0. The van der Waals surface area contributed by atoms with Crippen LogP contribution >= 0.6 is 0 Å². The van der Waals surface area contributed by atoms with Crippen LogP contribution in [0.3, 0.4) is 0 Å². The summed E-state index contributed by atoms with van der Waals surface area (Å²) in [6, 6.07) is 5.24. The van der Waals surface area contributed by atoms with Crippen LogP contribution in [0, 0.1) is 0 Å². The molecule has 6 heteroatoms. The van der Waals surface area contributed by atoms with E-state index in [0.717, 1.165) is 31.2 Å². The normalized spacial score (nSPS) is 22.3. The van der Waals surface area contributed by atoms with Crippen molar-refractivity contribution < 1.29 is 23.4 Å². The number of hydrogen-bond donors (Lipinski definition) is 2. The molecule has 2 rings (SSSR count). The first-order valence-corrected chi connectivity index (χ1v) is 7.11. The number of nitrogens with one attached hydrogen (secondary N) is 1. The van der Waals surface area contributed by atoms with Gasteiger partial charge in [0.25, 0.3) is 0 Å². The van der Waals surface area contributed by atoms with Gasteiger partial charge in [-0.2, -0.15) is 8.78 Å². The summed E-state index contributed by atoms with van der Waals surface area (Å²) in [5.74, 6) is 0.322. The van der Waals surface area contributed by atoms with Crippen molar-refractivity contribution in [1.29, 1.82) is 0 Å². The second-order valence-corrected chi connectivity index (χ2v) is 5.26. The van der Waals surface area contributed by atoms with E-state index in [2.05, 4.69) is 10.1 Å². The predicted molar refractivity (Wildman–Crippen MR) is 74.7 cm³/mol. The molecule has 2 atom stereocenters. The van der Waals surface area contributed by atoms with Crippen molar-refractivity contribution in [2.24, 2.45) is 0 Å². The van der Waals surface area contributed by atoms with Crippen LogP contribution < -0.4 is 14.8 Å². The van der Waals surface area contributed by atoms with E-state index in [9.17, 15) is 13.9 Å². The summed E-state index contributed by atoms with van der Waals surface area (Å²) >= 11 is 0. The van der Waals surface area contributed by atoms with Crippen LogP contribution in [-0.2, 0) is 6.54 Å². The minimum absolute atomic E-state index is 0.0375. The maximum atomic E-state index is 12.4. The summed E-state index contributed by atoms with van der Waals surface area (Å²) in [6.07, 6.45) is 3.36. The molecule has 4 nitrogen and oxygen atoms in total. The lowest BCUT2D eigenvalue weighted by Crippen LogP contribution is -2.35. The van der Waals surface area contributed by atoms with Gasteiger partial charge in [0.2, 0.25) is 0 Å². The third-order valence-corrected chi connectivity index (χ3v) is 3.69. The summed E-state index contributed by atoms with van der Waals surface area (Å²) in [6.45, 7) is -2.34. The standard InChI is InChI=1S/C15H21F2NO3/c1-20-13-6-5-10(7-14(13)21-15(16)17)9-18-11-3-2-4-12(19)8-11/h5-7,11-12,15,18-19H,2-4,8-9H2,1H3. The number of rotatable bonds is 6. The molecule has 118 valence electrons. The van der Waals surface area contributed by atoms with Gasteiger partial charge in [-0.3, -0.25) is 0 Å². The maximum absolute atomic E-state index is 12.4. The summed E-state index contributed by atoms with van der Waals surface area (Å²) < 4.78 is 34.2. The molecule has 21 heavy (non-hydrogen) atoms. The zero-order chi connectivity index (χ0) is 15.2. The first-order valence-electron chi connectivity index (χ1n) is 7.11. The first kappa shape index (κ1) is 16.0. The van der Waals surface area contributed by atoms with Gasteiger partial charge >= 0.3 is 6.61 Å². The Labute approximate surface area is 123 Å². The number of benzene rings is 1. The van der Waals surface area contributed by atoms with Gasteiger partial charge in [0, 0.05) is 12.6 Å². The van der Waals surface area contributed by atoms with Crippen molar-refractivity contribution in [2.45, 2.75) is 51.0 Å². The minimum Gasteiger partial charge on any atom is -0.493 e. The van der Waals surface area contributed by atoms with Crippen LogP contribution in [0.25, 0.3) is 0 Å². The Morgan fingerprint density at radius 1 is 1.33 bits per heavy atom. The van der Waals surface area contributed by atoms with Gasteiger partial charge in [-0.1, -0.05) is 6.07 Å². The average molecular weight is 301 g/mol. The highest BCUT2D eigenvalue weighted by Gasteiger charge is 2.19. The predicted octanol–water partition coefficient (Wildman–Crippen LogP) is 2.69. The van der Waals surface area contributed by atoms with Crippen molar-refractivity contribution in [1.82, 2.24) is 5.32 Å². The fourth-order valence-electron chi connectivity index (χ4n) is 2.63. The van der Waals surface area contributed by atoms with Crippen LogP contribution in [0.1, 0.15) is 31.2 Å². The van der Waals surface area contributed by atoms with E-state index in [4.69, 9.17) is 4.74 Å². The second kappa shape index (κ2) is 7.56. The topological polar surface area (TPSA) is 50.7 Å². The molecule has 2 unspecified atom stereocenters. The molecule has 0 amide bonds. The lowest BCUT2D eigenvalue weighted by molar-refractivity contribution is -0.0512. The van der Waals surface area contributed by atoms with Crippen molar-refractivity contribution >= 4 is 0 Å². The van der Waals surface area contributed by atoms with Crippen molar-refractivity contribution in [3.8, 4) is 11.5 Å². The Hall–Kier alpha value is -1.40. The number of hydrogen-bond acceptors (Lipinski definition) is 4. The van der Waals surface area contributed by atoms with Gasteiger partial charge in [-0.15, -0.1) is 0 Å². The van der Waals surface area contributed by atoms with Crippen LogP contribution in [0.4, 0.5) is 8.78 Å². The van der Waals surface area contributed by atoms with Crippen molar-refractivity contribution in [3.63, 3.8) is 0 Å². The first-order chi connectivity index (χ1) is 10.1. The third-order valence-electron chi connectivity index (χ3n) is 3.69. The molecule has 0 saturated heterocycles. The molecule has 1 aliphatic rings. The lowest BCUT2D eigenvalue weighted by atomic mass is 9.93. The Bertz CT molecular complexity index is 457. The fourth-order valence-corrected chi connectivity index (χ4v) is 2.63. The van der Waals surface area contributed by atoms with Crippen LogP contribution in [0.5, 0.6) is 11.5 Å². The van der Waals surface area contributed by atoms with E-state index < -0.39 is 6.61 Å². The molecule has 0 aliphatic heterocycles. The fraction of sp³-hybridized carbons (Fsp3) is 0.600. The van der Waals surface area contributed by atoms with Gasteiger partial charge < -0.3 is 19.9 Å². The number of methoxy groups -OCH3 is 1. The SMILES string of the molecule is COc1ccc(CNC2CCCC(O)C2)cc1OC(F)F. The average Bonchev–Trinajstić information content (AvgIpc) is 2.45. The molecular formula is C15H21F2NO3. The molecule has 1 aliphatic carbocycles. The largest absolute Gasteiger partial charge is 0.493 e. The molecule has 0 bridgehead atoms. The minimum atomic E-state index is -2.88. The van der Waals surface area contributed by atoms with E-state index in [1.54, 1.807) is 12.1 Å². The van der Waals surface area contributed by atoms with Gasteiger partial charge in [-0.05, 0) is 43.4 Å². The molecule has 1 aromatic carbocycles. The Balaban J connectivity index is 1.96. The van der Waals surface area contributed by atoms with Crippen LogP contribution in [-0.4, -0.2) is 31.0 Å². The Morgan fingerprint density at radius 3 is 2.81 bits per heavy atom. The molecule has 0 spiro atoms. The van der Waals surface area contributed by atoms with Crippen LogP contribution in [0.2, 0.25) is 0 Å². The molecule has 1 aromatic rings. The highest BCUT2D eigenvalue weighted by atomic mass is 19.3. The molecule has 1 saturated carbocycles. The van der Waals surface area contributed by atoms with E-state index in [1.165, 1.54) is 7.11 Å². The highest BCUT2D eigenvalue weighted by molar-refractivity contribution is 5.43. The summed E-state index contributed by atoms with van der Waals surface area (Å²) in [7, 11) is 1.41. The number of alkyl halides is 2. The summed E-state index contributed by atoms with van der Waals surface area (Å²) in [4.78, 5) is 0. The van der Waals surface area contributed by atoms with E-state index in [-0.39, 0.29) is 23.6 Å². The Kier molecular flexibility index (Phi) is 5.76. The van der Waals surface area contributed by atoms with Gasteiger partial charge in [-0.25, -0.2) is 0 Å². The molecule has 1 fully saturated rings. The maximum Gasteiger partial charge on any atom is 0.387 e. The monoisotopic (exact) mass is 301 g/mol. The third kappa shape index (κ3) is 4.82. The van der Waals surface area contributed by atoms with Crippen molar-refractivity contribution in [3.05, 3.63) is 23.8 Å². The van der Waals surface area contributed by atoms with E-state index in [0.29, 0.717) is 6.54 Å². The van der Waals surface area contributed by atoms with Crippen LogP contribution in [0.15, 0.2) is 18.2 Å².